The molecule has 2 aliphatic heterocycles. The van der Waals surface area contributed by atoms with Crippen LogP contribution in [0.25, 0.3) is 0 Å². The van der Waals surface area contributed by atoms with Gasteiger partial charge in [0.2, 0.25) is 11.8 Å². The molecular formula is C47H36Cl2F3N5O5. The van der Waals surface area contributed by atoms with Crippen molar-refractivity contribution in [3.05, 3.63) is 166 Å². The van der Waals surface area contributed by atoms with E-state index in [1.54, 1.807) is 72.8 Å². The van der Waals surface area contributed by atoms with Crippen LogP contribution < -0.4 is 15.6 Å². The number of para-hydroxylation sites is 2. The largest absolute Gasteiger partial charge is 0.507 e. The van der Waals surface area contributed by atoms with Gasteiger partial charge in [-0.3, -0.25) is 29.5 Å². The number of hydrazine groups is 1. The maximum atomic E-state index is 15.5. The van der Waals surface area contributed by atoms with E-state index in [4.69, 9.17) is 23.2 Å². The standard InChI is InChI=1S/C47H36Cl2F3N5O5/c1-2-7-25-8-6-11-34(40(25)58)39-32-20-21-33-38(44(61)56(42(33)59)31-18-16-30(17-19-31)54-29-9-4-3-5-10-29)35(32)23-36-43(60)57(45(62)46(36,39)26-12-14-28(48)15-13-26)55-41-37(49)22-27(24-53-41)47(50,51)52/h2-6,8-20,22,24,33,35-36,38-39,54,58H,1,7,21,23H2,(H,53,55). The fourth-order valence-electron chi connectivity index (χ4n) is 9.93. The second-order valence-electron chi connectivity index (χ2n) is 15.8. The Morgan fingerprint density at radius 2 is 1.58 bits per heavy atom. The van der Waals surface area contributed by atoms with E-state index in [0.717, 1.165) is 11.4 Å². The van der Waals surface area contributed by atoms with Gasteiger partial charge < -0.3 is 10.4 Å². The van der Waals surface area contributed by atoms with Crippen molar-refractivity contribution in [2.45, 2.75) is 36.8 Å². The molecule has 1 aromatic heterocycles. The minimum Gasteiger partial charge on any atom is -0.507 e. The van der Waals surface area contributed by atoms with Gasteiger partial charge in [0.25, 0.3) is 11.8 Å². The highest BCUT2D eigenvalue weighted by Crippen LogP contribution is 2.65. The highest BCUT2D eigenvalue weighted by Gasteiger charge is 2.71. The summed E-state index contributed by atoms with van der Waals surface area (Å²) in [6, 6.07) is 28.6. The smallest absolute Gasteiger partial charge is 0.417 e. The molecule has 15 heteroatoms. The molecule has 3 heterocycles. The number of phenolic OH excluding ortho intramolecular Hbond substituents is 1. The molecule has 3 N–H and O–H groups in total. The fraction of sp³-hybridized carbons (Fsp3) is 0.213. The van der Waals surface area contributed by atoms with Gasteiger partial charge in [0.1, 0.15) is 5.75 Å². The summed E-state index contributed by atoms with van der Waals surface area (Å²) >= 11 is 12.7. The number of pyridine rings is 1. The molecule has 5 aromatic rings. The van der Waals surface area contributed by atoms with Gasteiger partial charge in [0.05, 0.1) is 39.4 Å². The molecule has 3 fully saturated rings. The summed E-state index contributed by atoms with van der Waals surface area (Å²) in [5.74, 6) is -7.81. The van der Waals surface area contributed by atoms with Crippen molar-refractivity contribution in [1.29, 1.82) is 0 Å². The number of alkyl halides is 3. The number of phenols is 1. The monoisotopic (exact) mass is 877 g/mol. The molecule has 4 aliphatic rings. The number of nitrogens with zero attached hydrogens (tertiary/aromatic N) is 3. The van der Waals surface area contributed by atoms with E-state index in [1.165, 1.54) is 4.90 Å². The predicted molar refractivity (Wildman–Crippen MR) is 228 cm³/mol. The maximum Gasteiger partial charge on any atom is 0.417 e. The van der Waals surface area contributed by atoms with E-state index in [9.17, 15) is 27.9 Å². The molecule has 2 saturated heterocycles. The van der Waals surface area contributed by atoms with Crippen LogP contribution in [0.1, 0.15) is 41.0 Å². The second kappa shape index (κ2) is 15.5. The van der Waals surface area contributed by atoms with Crippen LogP contribution in [-0.2, 0) is 37.2 Å². The lowest BCUT2D eigenvalue weighted by Crippen LogP contribution is -2.53. The molecule has 9 rings (SSSR count). The van der Waals surface area contributed by atoms with E-state index in [1.807, 2.05) is 36.4 Å². The lowest BCUT2D eigenvalue weighted by molar-refractivity contribution is -0.139. The molecule has 314 valence electrons. The number of imide groups is 2. The number of carbonyl (C=O) groups excluding carboxylic acids is 4. The molecule has 2 aliphatic carbocycles. The summed E-state index contributed by atoms with van der Waals surface area (Å²) in [7, 11) is 0. The lowest BCUT2D eigenvalue weighted by atomic mass is 9.49. The highest BCUT2D eigenvalue weighted by atomic mass is 35.5. The third-order valence-electron chi connectivity index (χ3n) is 12.6. The zero-order chi connectivity index (χ0) is 43.7. The van der Waals surface area contributed by atoms with E-state index in [0.29, 0.717) is 50.2 Å². The molecule has 4 aromatic carbocycles. The Balaban J connectivity index is 1.17. The zero-order valence-corrected chi connectivity index (χ0v) is 34.1. The third kappa shape index (κ3) is 6.53. The topological polar surface area (TPSA) is 132 Å². The van der Waals surface area contributed by atoms with Crippen LogP contribution in [0.3, 0.4) is 0 Å². The summed E-state index contributed by atoms with van der Waals surface area (Å²) in [5.41, 5.74) is 3.37. The molecular weight excluding hydrogens is 842 g/mol. The summed E-state index contributed by atoms with van der Waals surface area (Å²) in [6.45, 7) is 3.83. The van der Waals surface area contributed by atoms with Crippen molar-refractivity contribution in [2.75, 3.05) is 15.6 Å². The Morgan fingerprint density at radius 3 is 2.26 bits per heavy atom. The zero-order valence-electron chi connectivity index (χ0n) is 32.6. The number of benzene rings is 4. The Morgan fingerprint density at radius 1 is 0.871 bits per heavy atom. The summed E-state index contributed by atoms with van der Waals surface area (Å²) in [6.07, 6.45) is -0.451. The number of hydrogen-bond donors (Lipinski definition) is 3. The average molecular weight is 879 g/mol. The number of nitrogens with one attached hydrogen (secondary N) is 2. The van der Waals surface area contributed by atoms with Crippen molar-refractivity contribution in [3.63, 3.8) is 0 Å². The molecule has 0 spiro atoms. The van der Waals surface area contributed by atoms with Crippen molar-refractivity contribution in [3.8, 4) is 5.75 Å². The SMILES string of the molecule is C=CCc1cccc(C2C3=CCC4C(=O)N(c5ccc(Nc6ccccc6)cc5)C(=O)C4C3CC3C(=O)N(Nc4ncc(C(F)(F)F)cc4Cl)C(=O)C32c2ccc(Cl)cc2)c1O. The number of fused-ring (bicyclic) bond motifs is 4. The molecule has 6 unspecified atom stereocenters. The number of allylic oxidation sites excluding steroid dienone is 3. The Hall–Kier alpha value is -6.44. The van der Waals surface area contributed by atoms with E-state index in [-0.39, 0.29) is 30.8 Å². The number of rotatable bonds is 9. The third-order valence-corrected chi connectivity index (χ3v) is 13.1. The van der Waals surface area contributed by atoms with Crippen molar-refractivity contribution >= 4 is 69.7 Å². The van der Waals surface area contributed by atoms with Crippen molar-refractivity contribution < 1.29 is 37.5 Å². The number of amides is 4. The second-order valence-corrected chi connectivity index (χ2v) is 16.7. The van der Waals surface area contributed by atoms with E-state index >= 15 is 9.59 Å². The first-order valence-electron chi connectivity index (χ1n) is 19.8. The first-order valence-corrected chi connectivity index (χ1v) is 20.5. The van der Waals surface area contributed by atoms with Gasteiger partial charge in [-0.2, -0.15) is 18.2 Å². The Labute approximate surface area is 363 Å². The Bertz CT molecular complexity index is 2700. The van der Waals surface area contributed by atoms with Crippen molar-refractivity contribution in [1.82, 2.24) is 9.99 Å². The molecule has 62 heavy (non-hydrogen) atoms. The number of carbonyl (C=O) groups is 4. The van der Waals surface area contributed by atoms with Gasteiger partial charge in [-0.1, -0.05) is 89.5 Å². The lowest BCUT2D eigenvalue weighted by Gasteiger charge is -2.50. The molecule has 1 saturated carbocycles. The molecule has 0 radical (unpaired) electrons. The molecule has 6 atom stereocenters. The maximum absolute atomic E-state index is 15.5. The summed E-state index contributed by atoms with van der Waals surface area (Å²) < 4.78 is 40.7. The van der Waals surface area contributed by atoms with Crippen LogP contribution in [0.4, 0.5) is 36.1 Å². The summed E-state index contributed by atoms with van der Waals surface area (Å²) in [5, 5.41) is 15.9. The van der Waals surface area contributed by atoms with Gasteiger partial charge in [-0.25, -0.2) is 4.98 Å². The van der Waals surface area contributed by atoms with Gasteiger partial charge in [-0.05, 0) is 90.9 Å². The number of aromatic nitrogens is 1. The molecule has 10 nitrogen and oxygen atoms in total. The number of anilines is 4. The highest BCUT2D eigenvalue weighted by molar-refractivity contribution is 6.33. The van der Waals surface area contributed by atoms with Gasteiger partial charge >= 0.3 is 6.18 Å². The first kappa shape index (κ1) is 40.9. The summed E-state index contributed by atoms with van der Waals surface area (Å²) in [4.78, 5) is 64.7. The van der Waals surface area contributed by atoms with Gasteiger partial charge in [-0.15, -0.1) is 6.58 Å². The fourth-order valence-corrected chi connectivity index (χ4v) is 10.3. The molecule has 0 bridgehead atoms. The van der Waals surface area contributed by atoms with Crippen LogP contribution in [0.5, 0.6) is 5.75 Å². The van der Waals surface area contributed by atoms with Gasteiger partial charge in [0, 0.05) is 34.1 Å². The van der Waals surface area contributed by atoms with Crippen molar-refractivity contribution in [2.24, 2.45) is 23.7 Å². The van der Waals surface area contributed by atoms with Gasteiger partial charge in [0.15, 0.2) is 5.82 Å². The minimum atomic E-state index is -4.77. The molecule has 4 amide bonds. The Kier molecular flexibility index (Phi) is 10.2. The van der Waals surface area contributed by atoms with E-state index in [2.05, 4.69) is 22.3 Å². The minimum absolute atomic E-state index is 0.0804. The van der Waals surface area contributed by atoms with E-state index < -0.39 is 75.4 Å². The normalized spacial score (nSPS) is 24.3. The van der Waals surface area contributed by atoms with Crippen LogP contribution in [-0.4, -0.2) is 38.7 Å². The predicted octanol–water partition coefficient (Wildman–Crippen LogP) is 9.77. The number of hydrogen-bond acceptors (Lipinski definition) is 8. The number of aromatic hydroxyl groups is 1. The number of halogens is 5. The first-order chi connectivity index (χ1) is 29.7. The quantitative estimate of drug-likeness (QED) is 0.0986. The van der Waals surface area contributed by atoms with Crippen LogP contribution in [0.2, 0.25) is 10.0 Å². The van der Waals surface area contributed by atoms with Crippen LogP contribution >= 0.6 is 23.2 Å². The average Bonchev–Trinajstić information content (AvgIpc) is 3.63. The van der Waals surface area contributed by atoms with Crippen LogP contribution in [0.15, 0.2) is 134 Å². The van der Waals surface area contributed by atoms with Crippen LogP contribution in [0, 0.1) is 23.7 Å².